The Morgan fingerprint density at radius 1 is 1.12 bits per heavy atom. The lowest BCUT2D eigenvalue weighted by molar-refractivity contribution is -0.132. The number of halogens is 1. The molecule has 8 nitrogen and oxygen atoms in total. The minimum Gasteiger partial charge on any atom is -0.352 e. The maximum absolute atomic E-state index is 13.1. The SMILES string of the molecule is C=CCN(CC(=O)N1CCN(c2ccc(-c3ccc(F)cc3)nn2)CC1)C(=O)NCCC. The molecule has 0 atom stereocenters. The molecule has 0 spiro atoms. The van der Waals surface area contributed by atoms with Crippen LogP contribution in [0.4, 0.5) is 15.0 Å². The monoisotopic (exact) mass is 440 g/mol. The molecule has 1 N–H and O–H groups in total. The number of aromatic nitrogens is 2. The maximum atomic E-state index is 13.1. The van der Waals surface area contributed by atoms with E-state index in [1.54, 1.807) is 23.1 Å². The van der Waals surface area contributed by atoms with Crippen LogP contribution in [0.5, 0.6) is 0 Å². The average molecular weight is 441 g/mol. The number of benzene rings is 1. The van der Waals surface area contributed by atoms with Crippen LogP contribution < -0.4 is 10.2 Å². The van der Waals surface area contributed by atoms with Crippen LogP contribution >= 0.6 is 0 Å². The summed E-state index contributed by atoms with van der Waals surface area (Å²) < 4.78 is 13.1. The molecule has 0 unspecified atom stereocenters. The Morgan fingerprint density at radius 3 is 2.44 bits per heavy atom. The molecule has 2 aromatic rings. The normalized spacial score (nSPS) is 13.6. The summed E-state index contributed by atoms with van der Waals surface area (Å²) in [5, 5.41) is 11.4. The second-order valence-electron chi connectivity index (χ2n) is 7.55. The molecule has 1 aliphatic rings. The third-order valence-electron chi connectivity index (χ3n) is 5.24. The van der Waals surface area contributed by atoms with Crippen molar-refractivity contribution in [2.75, 3.05) is 50.7 Å². The molecule has 32 heavy (non-hydrogen) atoms. The summed E-state index contributed by atoms with van der Waals surface area (Å²) in [7, 11) is 0. The summed E-state index contributed by atoms with van der Waals surface area (Å²) in [5.74, 6) is 0.353. The molecule has 1 aromatic carbocycles. The first-order valence-electron chi connectivity index (χ1n) is 10.8. The number of amides is 3. The summed E-state index contributed by atoms with van der Waals surface area (Å²) in [4.78, 5) is 30.3. The van der Waals surface area contributed by atoms with E-state index < -0.39 is 0 Å². The highest BCUT2D eigenvalue weighted by Crippen LogP contribution is 2.19. The molecule has 1 aromatic heterocycles. The van der Waals surface area contributed by atoms with Crippen molar-refractivity contribution in [2.45, 2.75) is 13.3 Å². The molecular weight excluding hydrogens is 411 g/mol. The summed E-state index contributed by atoms with van der Waals surface area (Å²) in [5.41, 5.74) is 1.47. The van der Waals surface area contributed by atoms with Crippen molar-refractivity contribution in [2.24, 2.45) is 0 Å². The second-order valence-corrected chi connectivity index (χ2v) is 7.55. The van der Waals surface area contributed by atoms with Crippen molar-refractivity contribution < 1.29 is 14.0 Å². The Labute approximate surface area is 187 Å². The molecule has 2 heterocycles. The van der Waals surface area contributed by atoms with E-state index in [4.69, 9.17) is 0 Å². The lowest BCUT2D eigenvalue weighted by Crippen LogP contribution is -2.53. The number of carbonyl (C=O) groups excluding carboxylic acids is 2. The Morgan fingerprint density at radius 2 is 1.84 bits per heavy atom. The summed E-state index contributed by atoms with van der Waals surface area (Å²) in [6, 6.07) is 9.61. The smallest absolute Gasteiger partial charge is 0.318 e. The highest BCUT2D eigenvalue weighted by Gasteiger charge is 2.25. The molecule has 0 aliphatic carbocycles. The topological polar surface area (TPSA) is 81.7 Å². The fraction of sp³-hybridized carbons (Fsp3) is 0.391. The Bertz CT molecular complexity index is 911. The van der Waals surface area contributed by atoms with E-state index in [1.165, 1.54) is 17.0 Å². The van der Waals surface area contributed by atoms with E-state index in [2.05, 4.69) is 27.0 Å². The second kappa shape index (κ2) is 11.2. The van der Waals surface area contributed by atoms with E-state index in [-0.39, 0.29) is 24.3 Å². The standard InChI is InChI=1S/C23H29FN6O2/c1-3-11-25-23(32)30(12-4-2)17-22(31)29-15-13-28(14-16-29)21-10-9-20(26-27-21)18-5-7-19(24)8-6-18/h4-10H,2-3,11-17H2,1H3,(H,25,32). The quantitative estimate of drug-likeness (QED) is 0.638. The number of piperazine rings is 1. The first-order valence-corrected chi connectivity index (χ1v) is 10.8. The van der Waals surface area contributed by atoms with Gasteiger partial charge in [-0.15, -0.1) is 16.8 Å². The summed E-state index contributed by atoms with van der Waals surface area (Å²) in [6.07, 6.45) is 2.45. The van der Waals surface area contributed by atoms with Crippen molar-refractivity contribution in [1.82, 2.24) is 25.3 Å². The third-order valence-corrected chi connectivity index (χ3v) is 5.24. The van der Waals surface area contributed by atoms with Gasteiger partial charge < -0.3 is 20.0 Å². The van der Waals surface area contributed by atoms with Gasteiger partial charge in [0.1, 0.15) is 12.4 Å². The highest BCUT2D eigenvalue weighted by molar-refractivity contribution is 5.84. The first-order chi connectivity index (χ1) is 15.5. The van der Waals surface area contributed by atoms with Crippen molar-refractivity contribution in [1.29, 1.82) is 0 Å². The van der Waals surface area contributed by atoms with Crippen LogP contribution in [0, 0.1) is 5.82 Å². The number of rotatable bonds is 8. The number of carbonyl (C=O) groups is 2. The number of nitrogens with zero attached hydrogens (tertiary/aromatic N) is 5. The largest absolute Gasteiger partial charge is 0.352 e. The number of hydrogen-bond donors (Lipinski definition) is 1. The predicted octanol–water partition coefficient (Wildman–Crippen LogP) is 2.54. The van der Waals surface area contributed by atoms with E-state index in [1.807, 2.05) is 19.1 Å². The minimum atomic E-state index is -0.292. The van der Waals surface area contributed by atoms with Crippen LogP contribution in [0.15, 0.2) is 49.1 Å². The van der Waals surface area contributed by atoms with E-state index in [0.29, 0.717) is 45.0 Å². The van der Waals surface area contributed by atoms with Crippen molar-refractivity contribution >= 4 is 17.8 Å². The minimum absolute atomic E-state index is 0.0216. The Balaban J connectivity index is 1.53. The van der Waals surface area contributed by atoms with Gasteiger partial charge in [0.05, 0.1) is 5.69 Å². The number of anilines is 1. The van der Waals surface area contributed by atoms with Gasteiger partial charge in [0.2, 0.25) is 5.91 Å². The Kier molecular flexibility index (Phi) is 8.13. The van der Waals surface area contributed by atoms with Crippen molar-refractivity contribution in [3.63, 3.8) is 0 Å². The van der Waals surface area contributed by atoms with Gasteiger partial charge in [0.15, 0.2) is 5.82 Å². The predicted molar refractivity (Wildman–Crippen MR) is 122 cm³/mol. The molecule has 1 fully saturated rings. The fourth-order valence-electron chi connectivity index (χ4n) is 3.44. The molecule has 0 saturated carbocycles. The fourth-order valence-corrected chi connectivity index (χ4v) is 3.44. The van der Waals surface area contributed by atoms with E-state index in [9.17, 15) is 14.0 Å². The van der Waals surface area contributed by atoms with Gasteiger partial charge in [-0.3, -0.25) is 4.79 Å². The maximum Gasteiger partial charge on any atom is 0.318 e. The lowest BCUT2D eigenvalue weighted by atomic mass is 10.1. The zero-order chi connectivity index (χ0) is 22.9. The molecule has 170 valence electrons. The Hall–Kier alpha value is -3.49. The van der Waals surface area contributed by atoms with Gasteiger partial charge >= 0.3 is 6.03 Å². The molecule has 0 bridgehead atoms. The van der Waals surface area contributed by atoms with Crippen LogP contribution in [0.1, 0.15) is 13.3 Å². The average Bonchev–Trinajstić information content (AvgIpc) is 2.83. The molecule has 3 rings (SSSR count). The van der Waals surface area contributed by atoms with Crippen LogP contribution in [-0.4, -0.2) is 77.7 Å². The lowest BCUT2D eigenvalue weighted by Gasteiger charge is -2.36. The molecule has 0 radical (unpaired) electrons. The molecule has 3 amide bonds. The zero-order valence-corrected chi connectivity index (χ0v) is 18.3. The van der Waals surface area contributed by atoms with Gasteiger partial charge in [-0.2, -0.15) is 0 Å². The molecular formula is C23H29FN6O2. The molecule has 9 heteroatoms. The van der Waals surface area contributed by atoms with Gasteiger partial charge in [-0.1, -0.05) is 13.0 Å². The number of urea groups is 1. The highest BCUT2D eigenvalue weighted by atomic mass is 19.1. The first kappa shape index (κ1) is 23.2. The van der Waals surface area contributed by atoms with Gasteiger partial charge in [-0.05, 0) is 42.8 Å². The third kappa shape index (κ3) is 6.03. The van der Waals surface area contributed by atoms with Gasteiger partial charge in [-0.25, -0.2) is 9.18 Å². The van der Waals surface area contributed by atoms with Crippen LogP contribution in [0.3, 0.4) is 0 Å². The van der Waals surface area contributed by atoms with Gasteiger partial charge in [0, 0.05) is 44.8 Å². The summed E-state index contributed by atoms with van der Waals surface area (Å²) in [6.45, 7) is 8.89. The van der Waals surface area contributed by atoms with Crippen molar-refractivity contribution in [3.05, 3.63) is 54.9 Å². The number of hydrogen-bond acceptors (Lipinski definition) is 5. The van der Waals surface area contributed by atoms with Crippen LogP contribution in [-0.2, 0) is 4.79 Å². The van der Waals surface area contributed by atoms with E-state index in [0.717, 1.165) is 17.8 Å². The van der Waals surface area contributed by atoms with Crippen molar-refractivity contribution in [3.8, 4) is 11.3 Å². The number of nitrogens with one attached hydrogen (secondary N) is 1. The molecule has 1 aliphatic heterocycles. The van der Waals surface area contributed by atoms with Gasteiger partial charge in [0.25, 0.3) is 0 Å². The zero-order valence-electron chi connectivity index (χ0n) is 18.3. The molecule has 1 saturated heterocycles. The van der Waals surface area contributed by atoms with E-state index >= 15 is 0 Å². The van der Waals surface area contributed by atoms with Crippen LogP contribution in [0.25, 0.3) is 11.3 Å². The summed E-state index contributed by atoms with van der Waals surface area (Å²) >= 11 is 0. The van der Waals surface area contributed by atoms with Crippen LogP contribution in [0.2, 0.25) is 0 Å².